The van der Waals surface area contributed by atoms with Crippen LogP contribution in [0.25, 0.3) is 11.0 Å². The minimum atomic E-state index is -1.09. The number of fused-ring (bicyclic) bond motifs is 2. The summed E-state index contributed by atoms with van der Waals surface area (Å²) in [6.45, 7) is 0. The van der Waals surface area contributed by atoms with E-state index in [0.29, 0.717) is 0 Å². The summed E-state index contributed by atoms with van der Waals surface area (Å²) in [5, 5.41) is 11.2. The number of nitrogens with zero attached hydrogens (tertiary/aromatic N) is 2. The van der Waals surface area contributed by atoms with Gasteiger partial charge in [0.15, 0.2) is 5.43 Å². The van der Waals surface area contributed by atoms with Crippen molar-refractivity contribution in [1.82, 2.24) is 0 Å². The van der Waals surface area contributed by atoms with Gasteiger partial charge < -0.3 is 4.42 Å². The lowest BCUT2D eigenvalue weighted by molar-refractivity contribution is -0.384. The number of halogens is 2. The predicted octanol–water partition coefficient (Wildman–Crippen LogP) is 4.73. The molecule has 2 heterocycles. The Balaban J connectivity index is 1.82. The van der Waals surface area contributed by atoms with Crippen LogP contribution >= 0.6 is 0 Å². The number of carbonyl (C=O) groups is 1. The van der Waals surface area contributed by atoms with Crippen LogP contribution in [0.3, 0.4) is 0 Å². The Bertz CT molecular complexity index is 1480. The average molecular weight is 434 g/mol. The lowest BCUT2D eigenvalue weighted by Crippen LogP contribution is -2.29. The summed E-state index contributed by atoms with van der Waals surface area (Å²) in [5.41, 5.74) is -0.373. The third-order valence-electron chi connectivity index (χ3n) is 5.33. The summed E-state index contributed by atoms with van der Waals surface area (Å²) in [7, 11) is 0. The van der Waals surface area contributed by atoms with Crippen molar-refractivity contribution in [3.63, 3.8) is 0 Å². The molecule has 0 saturated heterocycles. The fourth-order valence-electron chi connectivity index (χ4n) is 3.94. The first-order chi connectivity index (χ1) is 15.3. The Labute approximate surface area is 178 Å². The van der Waals surface area contributed by atoms with Crippen LogP contribution < -0.4 is 10.3 Å². The number of rotatable bonds is 3. The van der Waals surface area contributed by atoms with Gasteiger partial charge in [-0.25, -0.2) is 8.78 Å². The smallest absolute Gasteiger partial charge is 0.295 e. The normalized spacial score (nSPS) is 15.2. The molecule has 1 aromatic heterocycles. The van der Waals surface area contributed by atoms with Crippen molar-refractivity contribution in [3.8, 4) is 0 Å². The maximum absolute atomic E-state index is 13.8. The number of hydrogen-bond acceptors (Lipinski definition) is 5. The first-order valence-electron chi connectivity index (χ1n) is 9.45. The van der Waals surface area contributed by atoms with E-state index in [0.717, 1.165) is 24.3 Å². The van der Waals surface area contributed by atoms with E-state index in [1.54, 1.807) is 0 Å². The van der Waals surface area contributed by atoms with Crippen molar-refractivity contribution in [2.24, 2.45) is 0 Å². The fraction of sp³-hybridized carbons (Fsp3) is 0.0435. The van der Waals surface area contributed by atoms with Crippen LogP contribution in [-0.2, 0) is 0 Å². The van der Waals surface area contributed by atoms with Crippen molar-refractivity contribution in [1.29, 1.82) is 0 Å². The first kappa shape index (κ1) is 19.6. The lowest BCUT2D eigenvalue weighted by Gasteiger charge is -2.25. The second kappa shape index (κ2) is 7.09. The molecule has 0 aliphatic carbocycles. The molecule has 0 radical (unpaired) electrons. The Kier molecular flexibility index (Phi) is 4.33. The van der Waals surface area contributed by atoms with Crippen molar-refractivity contribution >= 4 is 28.3 Å². The van der Waals surface area contributed by atoms with Gasteiger partial charge >= 0.3 is 0 Å². The summed E-state index contributed by atoms with van der Waals surface area (Å²) in [4.78, 5) is 38.6. The molecule has 9 heteroatoms. The summed E-state index contributed by atoms with van der Waals surface area (Å²) < 4.78 is 33.0. The number of amides is 1. The third kappa shape index (κ3) is 2.94. The second-order valence-electron chi connectivity index (χ2n) is 7.22. The molecule has 7 nitrogen and oxygen atoms in total. The van der Waals surface area contributed by atoms with Crippen LogP contribution in [0.1, 0.15) is 27.7 Å². The predicted molar refractivity (Wildman–Crippen MR) is 111 cm³/mol. The van der Waals surface area contributed by atoms with Crippen LogP contribution in [0.4, 0.5) is 20.2 Å². The molecule has 4 aromatic rings. The highest BCUT2D eigenvalue weighted by molar-refractivity contribution is 6.10. The number of nitro groups is 1. The molecule has 0 fully saturated rings. The van der Waals surface area contributed by atoms with Gasteiger partial charge in [0.25, 0.3) is 11.6 Å². The molecular weight excluding hydrogens is 422 g/mol. The molecule has 1 aliphatic heterocycles. The van der Waals surface area contributed by atoms with Gasteiger partial charge in [-0.1, -0.05) is 12.1 Å². The Morgan fingerprint density at radius 2 is 1.66 bits per heavy atom. The van der Waals surface area contributed by atoms with E-state index in [1.165, 1.54) is 47.4 Å². The highest BCUT2D eigenvalue weighted by Gasteiger charge is 2.44. The Morgan fingerprint density at radius 3 is 2.38 bits per heavy atom. The van der Waals surface area contributed by atoms with Crippen molar-refractivity contribution in [2.45, 2.75) is 6.04 Å². The molecule has 1 aliphatic rings. The molecule has 0 spiro atoms. The molecule has 1 amide bonds. The van der Waals surface area contributed by atoms with Gasteiger partial charge in [-0.05, 0) is 48.0 Å². The third-order valence-corrected chi connectivity index (χ3v) is 5.33. The zero-order chi connectivity index (χ0) is 22.6. The largest absolute Gasteiger partial charge is 0.450 e. The minimum Gasteiger partial charge on any atom is -0.450 e. The van der Waals surface area contributed by atoms with Gasteiger partial charge in [-0.3, -0.25) is 24.6 Å². The van der Waals surface area contributed by atoms with Gasteiger partial charge in [-0.2, -0.15) is 0 Å². The zero-order valence-corrected chi connectivity index (χ0v) is 16.1. The van der Waals surface area contributed by atoms with Gasteiger partial charge in [0.2, 0.25) is 5.76 Å². The van der Waals surface area contributed by atoms with E-state index < -0.39 is 33.9 Å². The maximum Gasteiger partial charge on any atom is 0.295 e. The molecule has 0 N–H and O–H groups in total. The molecule has 1 unspecified atom stereocenters. The molecule has 158 valence electrons. The first-order valence-corrected chi connectivity index (χ1v) is 9.45. The molecule has 5 rings (SSSR count). The van der Waals surface area contributed by atoms with Crippen LogP contribution in [0.2, 0.25) is 0 Å². The monoisotopic (exact) mass is 434 g/mol. The SMILES string of the molecule is O=C1c2oc3ccc(F)cc3c(=O)c2C(c2cccc([N+](=O)[O-])c2)N1c1ccc(F)cc1. The van der Waals surface area contributed by atoms with Crippen molar-refractivity contribution < 1.29 is 22.9 Å². The second-order valence-corrected chi connectivity index (χ2v) is 7.22. The molecule has 1 atom stereocenters. The molecule has 32 heavy (non-hydrogen) atoms. The molecule has 0 bridgehead atoms. The highest BCUT2D eigenvalue weighted by atomic mass is 19.1. The van der Waals surface area contributed by atoms with Crippen LogP contribution in [-0.4, -0.2) is 10.8 Å². The van der Waals surface area contributed by atoms with Gasteiger partial charge in [0, 0.05) is 17.8 Å². The number of nitro benzene ring substituents is 1. The van der Waals surface area contributed by atoms with Crippen LogP contribution in [0, 0.1) is 21.7 Å². The van der Waals surface area contributed by atoms with Gasteiger partial charge in [0.05, 0.1) is 21.9 Å². The summed E-state index contributed by atoms with van der Waals surface area (Å²) in [6.07, 6.45) is 0. The van der Waals surface area contributed by atoms with E-state index in [4.69, 9.17) is 4.42 Å². The summed E-state index contributed by atoms with van der Waals surface area (Å²) in [5.74, 6) is -2.11. The lowest BCUT2D eigenvalue weighted by atomic mass is 9.97. The van der Waals surface area contributed by atoms with Gasteiger partial charge in [0.1, 0.15) is 17.2 Å². The Hall–Kier alpha value is -4.40. The summed E-state index contributed by atoms with van der Waals surface area (Å²) >= 11 is 0. The number of carbonyl (C=O) groups excluding carboxylic acids is 1. The van der Waals surface area contributed by atoms with E-state index in [1.807, 2.05) is 0 Å². The molecule has 3 aromatic carbocycles. The summed E-state index contributed by atoms with van der Waals surface area (Å²) in [6, 6.07) is 12.8. The molecule has 0 saturated carbocycles. The van der Waals surface area contributed by atoms with E-state index in [9.17, 15) is 28.5 Å². The van der Waals surface area contributed by atoms with Crippen molar-refractivity contribution in [2.75, 3.05) is 4.90 Å². The quantitative estimate of drug-likeness (QED) is 0.343. The number of benzene rings is 3. The van der Waals surface area contributed by atoms with Crippen LogP contribution in [0.5, 0.6) is 0 Å². The molecular formula is C23H12F2N2O5. The Morgan fingerprint density at radius 1 is 0.938 bits per heavy atom. The number of hydrogen-bond donors (Lipinski definition) is 0. The maximum atomic E-state index is 13.8. The van der Waals surface area contributed by atoms with E-state index >= 15 is 0 Å². The minimum absolute atomic E-state index is 0.0299. The van der Waals surface area contributed by atoms with Crippen LogP contribution in [0.15, 0.2) is 75.9 Å². The van der Waals surface area contributed by atoms with Crippen molar-refractivity contribution in [3.05, 3.63) is 116 Å². The average Bonchev–Trinajstić information content (AvgIpc) is 3.07. The fourth-order valence-corrected chi connectivity index (χ4v) is 3.94. The standard InChI is InChI=1S/C23H12F2N2O5/c24-13-4-7-15(8-5-13)26-20(12-2-1-3-16(10-12)27(30)31)19-21(28)17-11-14(25)6-9-18(17)32-22(19)23(26)29/h1-11,20H. The zero-order valence-electron chi connectivity index (χ0n) is 16.1. The van der Waals surface area contributed by atoms with E-state index in [2.05, 4.69) is 0 Å². The highest BCUT2D eigenvalue weighted by Crippen LogP contribution is 2.41. The number of anilines is 1. The van der Waals surface area contributed by atoms with E-state index in [-0.39, 0.29) is 39.2 Å². The topological polar surface area (TPSA) is 93.7 Å². The van der Waals surface area contributed by atoms with Gasteiger partial charge in [-0.15, -0.1) is 0 Å². The number of non-ortho nitro benzene ring substituents is 1.